The number of rotatable bonds is 5. The molecule has 1 unspecified atom stereocenters. The fourth-order valence-corrected chi connectivity index (χ4v) is 2.35. The average molecular weight is 273 g/mol. The van der Waals surface area contributed by atoms with Crippen LogP contribution in [-0.2, 0) is 0 Å². The van der Waals surface area contributed by atoms with Crippen molar-refractivity contribution in [3.63, 3.8) is 0 Å². The van der Waals surface area contributed by atoms with E-state index in [0.29, 0.717) is 6.04 Å². The predicted molar refractivity (Wildman–Crippen MR) is 81.1 cm³/mol. The van der Waals surface area contributed by atoms with E-state index in [1.165, 1.54) is 6.07 Å². The summed E-state index contributed by atoms with van der Waals surface area (Å²) in [6, 6.07) is 7.05. The number of non-ortho nitro benzene ring substituents is 1. The maximum Gasteiger partial charge on any atom is 0.270 e. The molecule has 5 heteroatoms. The molecule has 0 saturated heterocycles. The van der Waals surface area contributed by atoms with E-state index in [4.69, 9.17) is 0 Å². The third kappa shape index (κ3) is 3.04. The van der Waals surface area contributed by atoms with E-state index in [2.05, 4.69) is 24.1 Å². The Morgan fingerprint density at radius 1 is 1.40 bits per heavy atom. The minimum atomic E-state index is -0.376. The molecule has 0 fully saturated rings. The van der Waals surface area contributed by atoms with E-state index in [1.807, 2.05) is 13.0 Å². The van der Waals surface area contributed by atoms with Gasteiger partial charge in [0, 0.05) is 34.9 Å². The lowest BCUT2D eigenvalue weighted by atomic mass is 10.1. The van der Waals surface area contributed by atoms with Gasteiger partial charge in [-0.1, -0.05) is 13.3 Å². The van der Waals surface area contributed by atoms with Gasteiger partial charge in [-0.15, -0.1) is 0 Å². The fraction of sp³-hybridized carbons (Fsp3) is 0.400. The summed E-state index contributed by atoms with van der Waals surface area (Å²) in [6.07, 6.45) is 2.15. The molecule has 0 saturated carbocycles. The molecule has 20 heavy (non-hydrogen) atoms. The van der Waals surface area contributed by atoms with Crippen LogP contribution in [-0.4, -0.2) is 15.9 Å². The van der Waals surface area contributed by atoms with Gasteiger partial charge in [0.25, 0.3) is 5.69 Å². The molecule has 0 radical (unpaired) electrons. The fourth-order valence-electron chi connectivity index (χ4n) is 2.35. The van der Waals surface area contributed by atoms with Crippen LogP contribution < -0.4 is 5.32 Å². The van der Waals surface area contributed by atoms with Crippen LogP contribution in [0.2, 0.25) is 0 Å². The molecule has 1 atom stereocenters. The summed E-state index contributed by atoms with van der Waals surface area (Å²) in [4.78, 5) is 15.0. The van der Waals surface area contributed by atoms with Gasteiger partial charge in [0.2, 0.25) is 0 Å². The Morgan fingerprint density at radius 2 is 2.15 bits per heavy atom. The maximum atomic E-state index is 10.9. The van der Waals surface area contributed by atoms with Crippen molar-refractivity contribution < 1.29 is 4.92 Å². The molecule has 106 valence electrons. The molecule has 1 aromatic heterocycles. The molecule has 1 heterocycles. The second-order valence-electron chi connectivity index (χ2n) is 5.10. The van der Waals surface area contributed by atoms with Crippen LogP contribution in [0.5, 0.6) is 0 Å². The Hall–Kier alpha value is -2.17. The Balaban J connectivity index is 2.50. The van der Waals surface area contributed by atoms with E-state index in [9.17, 15) is 10.1 Å². The largest absolute Gasteiger partial charge is 0.382 e. The number of nitrogens with zero attached hydrogens (tertiary/aromatic N) is 2. The number of fused-ring (bicyclic) bond motifs is 1. The molecule has 1 N–H and O–H groups in total. The predicted octanol–water partition coefficient (Wildman–Crippen LogP) is 4.05. The number of hydrogen-bond donors (Lipinski definition) is 1. The molecular formula is C15H19N3O2. The monoisotopic (exact) mass is 273 g/mol. The van der Waals surface area contributed by atoms with Crippen LogP contribution in [0.4, 0.5) is 11.4 Å². The average Bonchev–Trinajstić information content (AvgIpc) is 2.38. The lowest BCUT2D eigenvalue weighted by Gasteiger charge is -2.16. The smallest absolute Gasteiger partial charge is 0.270 e. The van der Waals surface area contributed by atoms with Crippen LogP contribution in [0, 0.1) is 17.0 Å². The number of nitrogens with one attached hydrogen (secondary N) is 1. The molecule has 0 amide bonds. The highest BCUT2D eigenvalue weighted by Gasteiger charge is 2.12. The quantitative estimate of drug-likeness (QED) is 0.659. The van der Waals surface area contributed by atoms with E-state index in [-0.39, 0.29) is 10.6 Å². The van der Waals surface area contributed by atoms with Crippen molar-refractivity contribution in [1.29, 1.82) is 0 Å². The van der Waals surface area contributed by atoms with Crippen LogP contribution in [0.15, 0.2) is 24.3 Å². The van der Waals surface area contributed by atoms with Crippen molar-refractivity contribution in [2.45, 2.75) is 39.7 Å². The number of hydrogen-bond acceptors (Lipinski definition) is 4. The van der Waals surface area contributed by atoms with Crippen molar-refractivity contribution in [3.8, 4) is 0 Å². The van der Waals surface area contributed by atoms with Crippen LogP contribution >= 0.6 is 0 Å². The molecule has 2 rings (SSSR count). The molecule has 2 aromatic rings. The van der Waals surface area contributed by atoms with E-state index < -0.39 is 0 Å². The first-order chi connectivity index (χ1) is 9.51. The summed E-state index contributed by atoms with van der Waals surface area (Å²) in [6.45, 7) is 6.18. The molecule has 1 aromatic carbocycles. The van der Waals surface area contributed by atoms with Crippen LogP contribution in [0.1, 0.15) is 32.4 Å². The van der Waals surface area contributed by atoms with Gasteiger partial charge in [0.1, 0.15) is 0 Å². The van der Waals surface area contributed by atoms with Gasteiger partial charge in [-0.05, 0) is 32.4 Å². The zero-order chi connectivity index (χ0) is 14.7. The van der Waals surface area contributed by atoms with Crippen molar-refractivity contribution >= 4 is 22.3 Å². The Kier molecular flexibility index (Phi) is 4.17. The van der Waals surface area contributed by atoms with Gasteiger partial charge in [-0.25, -0.2) is 0 Å². The van der Waals surface area contributed by atoms with Crippen molar-refractivity contribution in [2.75, 3.05) is 5.32 Å². The van der Waals surface area contributed by atoms with Gasteiger partial charge in [0.15, 0.2) is 0 Å². The summed E-state index contributed by atoms with van der Waals surface area (Å²) in [7, 11) is 0. The summed E-state index contributed by atoms with van der Waals surface area (Å²) < 4.78 is 0. The second-order valence-corrected chi connectivity index (χ2v) is 5.10. The number of anilines is 1. The number of nitro benzene ring substituents is 1. The van der Waals surface area contributed by atoms with Crippen LogP contribution in [0.3, 0.4) is 0 Å². The highest BCUT2D eigenvalue weighted by molar-refractivity contribution is 5.93. The second kappa shape index (κ2) is 5.86. The summed E-state index contributed by atoms with van der Waals surface area (Å²) >= 11 is 0. The van der Waals surface area contributed by atoms with Crippen LogP contribution in [0.25, 0.3) is 10.9 Å². The van der Waals surface area contributed by atoms with E-state index in [0.717, 1.165) is 35.1 Å². The van der Waals surface area contributed by atoms with Gasteiger partial charge < -0.3 is 5.32 Å². The lowest BCUT2D eigenvalue weighted by Crippen LogP contribution is -2.15. The van der Waals surface area contributed by atoms with E-state index >= 15 is 0 Å². The normalized spacial score (nSPS) is 12.3. The topological polar surface area (TPSA) is 68.1 Å². The Bertz CT molecular complexity index is 640. The lowest BCUT2D eigenvalue weighted by molar-refractivity contribution is -0.384. The van der Waals surface area contributed by atoms with Gasteiger partial charge in [-0.3, -0.25) is 15.1 Å². The third-order valence-corrected chi connectivity index (χ3v) is 3.25. The maximum absolute atomic E-state index is 10.9. The molecule has 0 aliphatic carbocycles. The first-order valence-electron chi connectivity index (χ1n) is 6.83. The summed E-state index contributed by atoms with van der Waals surface area (Å²) in [5.41, 5.74) is 2.69. The highest BCUT2D eigenvalue weighted by atomic mass is 16.6. The summed E-state index contributed by atoms with van der Waals surface area (Å²) in [5, 5.41) is 15.1. The van der Waals surface area contributed by atoms with Crippen molar-refractivity contribution in [1.82, 2.24) is 4.98 Å². The molecule has 0 aliphatic rings. The zero-order valence-corrected chi connectivity index (χ0v) is 12.0. The molecule has 0 aliphatic heterocycles. The number of aromatic nitrogens is 1. The van der Waals surface area contributed by atoms with E-state index in [1.54, 1.807) is 12.1 Å². The standard InChI is InChI=1S/C15H19N3O2/c1-4-5-10(2)16-15-8-11(3)17-14-7-6-12(18(19)20)9-13(14)15/h6-10H,4-5H2,1-3H3,(H,16,17). The molecule has 5 nitrogen and oxygen atoms in total. The Morgan fingerprint density at radius 3 is 2.80 bits per heavy atom. The SMILES string of the molecule is CCCC(C)Nc1cc(C)nc2ccc([N+](=O)[O-])cc12. The summed E-state index contributed by atoms with van der Waals surface area (Å²) in [5.74, 6) is 0. The van der Waals surface area contributed by atoms with Gasteiger partial charge in [-0.2, -0.15) is 0 Å². The molecular weight excluding hydrogens is 254 g/mol. The van der Waals surface area contributed by atoms with Crippen molar-refractivity contribution in [2.24, 2.45) is 0 Å². The highest BCUT2D eigenvalue weighted by Crippen LogP contribution is 2.28. The number of aryl methyl sites for hydroxylation is 1. The minimum Gasteiger partial charge on any atom is -0.382 e. The number of pyridine rings is 1. The number of benzene rings is 1. The first-order valence-corrected chi connectivity index (χ1v) is 6.83. The van der Waals surface area contributed by atoms with Gasteiger partial charge in [0.05, 0.1) is 10.4 Å². The first kappa shape index (κ1) is 14.2. The van der Waals surface area contributed by atoms with Gasteiger partial charge >= 0.3 is 0 Å². The van der Waals surface area contributed by atoms with Crippen molar-refractivity contribution in [3.05, 3.63) is 40.1 Å². The molecule has 0 spiro atoms. The third-order valence-electron chi connectivity index (χ3n) is 3.25. The minimum absolute atomic E-state index is 0.0920. The zero-order valence-electron chi connectivity index (χ0n) is 12.0. The number of nitro groups is 1. The Labute approximate surface area is 118 Å². The molecule has 0 bridgehead atoms.